The number of hydrogen-bond donors (Lipinski definition) is 0. The van der Waals surface area contributed by atoms with Crippen molar-refractivity contribution in [3.8, 4) is 22.6 Å². The summed E-state index contributed by atoms with van der Waals surface area (Å²) in [6.07, 6.45) is 0.906. The zero-order valence-electron chi connectivity index (χ0n) is 27.2. The number of likely N-dealkylation sites (tertiary alicyclic amines) is 1. The number of rotatable bonds is 6. The first-order valence-electron chi connectivity index (χ1n) is 15.8. The maximum Gasteiger partial charge on any atom is 0.435 e. The van der Waals surface area contributed by atoms with Gasteiger partial charge in [-0.2, -0.15) is 18.6 Å². The summed E-state index contributed by atoms with van der Waals surface area (Å²) in [5.41, 5.74) is 2.19. The smallest absolute Gasteiger partial charge is 0.435 e. The number of halogens is 3. The maximum absolute atomic E-state index is 16.1. The van der Waals surface area contributed by atoms with Gasteiger partial charge in [0.05, 0.1) is 40.5 Å². The molecule has 0 unspecified atom stereocenters. The Morgan fingerprint density at radius 2 is 1.76 bits per heavy atom. The summed E-state index contributed by atoms with van der Waals surface area (Å²) in [4.78, 5) is 33.5. The van der Waals surface area contributed by atoms with E-state index in [4.69, 9.17) is 9.15 Å². The standard InChI is InChI=1S/C34H33F3N8O4/c1-34(2,3)49-33(47)45-26-8-6-19(13-21(26)17-39-45)24-14-28-27(15-25(24)35)43(32(46)44(28)23-9-11-42(4)12-10-23)18-22-7-5-20(16-38-22)30-40-41-31(48-30)29(36)37/h5-8,13-17,23,29H,9-12,18H2,1-4H3. The van der Waals surface area contributed by atoms with Crippen LogP contribution in [0.4, 0.5) is 18.0 Å². The highest BCUT2D eigenvalue weighted by Gasteiger charge is 2.27. The van der Waals surface area contributed by atoms with E-state index in [0.717, 1.165) is 25.9 Å². The van der Waals surface area contributed by atoms with E-state index < -0.39 is 29.8 Å². The van der Waals surface area contributed by atoms with Crippen LogP contribution in [0.25, 0.3) is 44.5 Å². The molecule has 1 saturated heterocycles. The molecule has 49 heavy (non-hydrogen) atoms. The van der Waals surface area contributed by atoms with Gasteiger partial charge in [-0.15, -0.1) is 10.2 Å². The van der Waals surface area contributed by atoms with Crippen molar-refractivity contribution in [2.75, 3.05) is 20.1 Å². The van der Waals surface area contributed by atoms with Crippen LogP contribution in [0.15, 0.2) is 64.1 Å². The quantitative estimate of drug-likeness (QED) is 0.196. The van der Waals surface area contributed by atoms with E-state index in [1.807, 2.05) is 7.05 Å². The lowest BCUT2D eigenvalue weighted by Gasteiger charge is -2.29. The maximum atomic E-state index is 16.1. The average molecular weight is 675 g/mol. The minimum atomic E-state index is -2.89. The summed E-state index contributed by atoms with van der Waals surface area (Å²) in [6, 6.07) is 11.3. The lowest BCUT2D eigenvalue weighted by molar-refractivity contribution is 0.0522. The zero-order valence-corrected chi connectivity index (χ0v) is 27.2. The summed E-state index contributed by atoms with van der Waals surface area (Å²) in [5, 5.41) is 11.8. The lowest BCUT2D eigenvalue weighted by Crippen LogP contribution is -2.36. The third kappa shape index (κ3) is 6.21. The van der Waals surface area contributed by atoms with Gasteiger partial charge in [0.15, 0.2) is 0 Å². The number of pyridine rings is 1. The van der Waals surface area contributed by atoms with Gasteiger partial charge in [-0.1, -0.05) is 6.07 Å². The molecule has 12 nitrogen and oxygen atoms in total. The minimum absolute atomic E-state index is 0.0376. The van der Waals surface area contributed by atoms with Crippen LogP contribution in [-0.4, -0.2) is 70.8 Å². The number of ether oxygens (including phenoxy) is 1. The van der Waals surface area contributed by atoms with Crippen molar-refractivity contribution >= 4 is 28.0 Å². The van der Waals surface area contributed by atoms with Crippen LogP contribution in [-0.2, 0) is 11.3 Å². The van der Waals surface area contributed by atoms with E-state index >= 15 is 4.39 Å². The summed E-state index contributed by atoms with van der Waals surface area (Å²) in [5.74, 6) is -1.42. The van der Waals surface area contributed by atoms with E-state index in [2.05, 4.69) is 25.2 Å². The Balaban J connectivity index is 1.27. The lowest BCUT2D eigenvalue weighted by atomic mass is 10.0. The highest BCUT2D eigenvalue weighted by Crippen LogP contribution is 2.33. The van der Waals surface area contributed by atoms with Crippen molar-refractivity contribution in [3.05, 3.63) is 82.7 Å². The fourth-order valence-corrected chi connectivity index (χ4v) is 6.17. The van der Waals surface area contributed by atoms with Gasteiger partial charge in [-0.05, 0) is 89.6 Å². The first kappa shape index (κ1) is 32.2. The fourth-order valence-electron chi connectivity index (χ4n) is 6.17. The van der Waals surface area contributed by atoms with Crippen molar-refractivity contribution in [2.45, 2.75) is 58.2 Å². The molecule has 254 valence electrons. The number of carbonyl (C=O) groups excluding carboxylic acids is 1. The minimum Gasteiger partial charge on any atom is -0.442 e. The predicted molar refractivity (Wildman–Crippen MR) is 174 cm³/mol. The molecule has 0 aliphatic carbocycles. The molecule has 1 aliphatic rings. The molecule has 0 amide bonds. The molecule has 0 bridgehead atoms. The first-order chi connectivity index (χ1) is 23.4. The molecular weight excluding hydrogens is 641 g/mol. The van der Waals surface area contributed by atoms with Crippen molar-refractivity contribution in [1.82, 2.24) is 39.0 Å². The van der Waals surface area contributed by atoms with Crippen molar-refractivity contribution in [1.29, 1.82) is 0 Å². The third-order valence-corrected chi connectivity index (χ3v) is 8.57. The van der Waals surface area contributed by atoms with Crippen LogP contribution >= 0.6 is 0 Å². The van der Waals surface area contributed by atoms with Gasteiger partial charge in [0.1, 0.15) is 11.4 Å². The molecule has 0 N–H and O–H groups in total. The van der Waals surface area contributed by atoms with Crippen LogP contribution in [0.5, 0.6) is 0 Å². The van der Waals surface area contributed by atoms with Gasteiger partial charge in [0.25, 0.3) is 5.89 Å². The first-order valence-corrected chi connectivity index (χ1v) is 15.8. The molecule has 0 atom stereocenters. The second kappa shape index (κ2) is 12.3. The highest BCUT2D eigenvalue weighted by molar-refractivity contribution is 5.92. The number of aromatic nitrogens is 7. The van der Waals surface area contributed by atoms with E-state index in [1.54, 1.807) is 61.7 Å². The number of piperidine rings is 1. The van der Waals surface area contributed by atoms with Gasteiger partial charge in [0.2, 0.25) is 5.89 Å². The number of hydrogen-bond acceptors (Lipinski definition) is 9. The molecule has 4 aromatic heterocycles. The number of nitrogens with zero attached hydrogens (tertiary/aromatic N) is 8. The van der Waals surface area contributed by atoms with Crippen molar-refractivity contribution in [2.24, 2.45) is 0 Å². The van der Waals surface area contributed by atoms with Gasteiger partial charge < -0.3 is 14.1 Å². The summed E-state index contributed by atoms with van der Waals surface area (Å²) in [7, 11) is 2.04. The fraction of sp³-hybridized carbons (Fsp3) is 0.353. The van der Waals surface area contributed by atoms with Crippen LogP contribution in [0.3, 0.4) is 0 Å². The largest absolute Gasteiger partial charge is 0.442 e. The van der Waals surface area contributed by atoms with Crippen molar-refractivity contribution < 1.29 is 27.1 Å². The van der Waals surface area contributed by atoms with Crippen LogP contribution < -0.4 is 5.69 Å². The Bertz CT molecular complexity index is 2240. The van der Waals surface area contributed by atoms with Crippen LogP contribution in [0, 0.1) is 5.82 Å². The molecule has 0 saturated carbocycles. The number of alkyl halides is 2. The van der Waals surface area contributed by atoms with Gasteiger partial charge in [-0.3, -0.25) is 14.1 Å². The molecule has 2 aromatic carbocycles. The molecule has 1 fully saturated rings. The second-order valence-corrected chi connectivity index (χ2v) is 13.2. The van der Waals surface area contributed by atoms with E-state index in [9.17, 15) is 18.4 Å². The highest BCUT2D eigenvalue weighted by atomic mass is 19.3. The zero-order chi connectivity index (χ0) is 34.6. The number of fused-ring (bicyclic) bond motifs is 2. The van der Waals surface area contributed by atoms with Crippen molar-refractivity contribution in [3.63, 3.8) is 0 Å². The molecule has 0 radical (unpaired) electrons. The third-order valence-electron chi connectivity index (χ3n) is 8.57. The summed E-state index contributed by atoms with van der Waals surface area (Å²) >= 11 is 0. The summed E-state index contributed by atoms with van der Waals surface area (Å²) in [6.45, 7) is 6.96. The topological polar surface area (TPSA) is 126 Å². The SMILES string of the molecule is CN1CCC(n2c(=O)n(Cc3ccc(-c4nnc(C(F)F)o4)cn3)c3cc(F)c(-c4ccc5c(cnn5C(=O)OC(C)(C)C)c4)cc32)CC1. The molecular formula is C34H33F3N8O4. The Morgan fingerprint density at radius 1 is 1.00 bits per heavy atom. The number of carbonyl (C=O) groups is 1. The monoisotopic (exact) mass is 674 g/mol. The second-order valence-electron chi connectivity index (χ2n) is 13.2. The molecule has 7 rings (SSSR count). The number of benzene rings is 2. The molecule has 1 aliphatic heterocycles. The van der Waals surface area contributed by atoms with E-state index in [-0.39, 0.29) is 24.2 Å². The molecule has 6 aromatic rings. The number of imidazole rings is 1. The van der Waals surface area contributed by atoms with Gasteiger partial charge in [0, 0.05) is 29.3 Å². The predicted octanol–water partition coefficient (Wildman–Crippen LogP) is 6.44. The Labute approximate surface area is 277 Å². The molecule has 0 spiro atoms. The summed E-state index contributed by atoms with van der Waals surface area (Å²) < 4.78 is 56.8. The van der Waals surface area contributed by atoms with Gasteiger partial charge in [-0.25, -0.2) is 14.0 Å². The Morgan fingerprint density at radius 3 is 2.43 bits per heavy atom. The molecule has 15 heteroatoms. The van der Waals surface area contributed by atoms with Gasteiger partial charge >= 0.3 is 18.2 Å². The van der Waals surface area contributed by atoms with E-state index in [1.165, 1.54) is 27.7 Å². The Hall–Kier alpha value is -5.31. The van der Waals surface area contributed by atoms with Crippen LogP contribution in [0.2, 0.25) is 0 Å². The molecule has 5 heterocycles. The van der Waals surface area contributed by atoms with E-state index in [0.29, 0.717) is 44.3 Å². The average Bonchev–Trinajstić information content (AvgIpc) is 3.78. The van der Waals surface area contributed by atoms with Crippen LogP contribution in [0.1, 0.15) is 57.7 Å². The Kier molecular flexibility index (Phi) is 8.09. The normalized spacial score (nSPS) is 14.8.